The Hall–Kier alpha value is -3.82. The number of hydrogen-bond acceptors (Lipinski definition) is 4. The molecule has 1 aromatic heterocycles. The lowest BCUT2D eigenvalue weighted by molar-refractivity contribution is -0.384. The molecule has 0 atom stereocenters. The first kappa shape index (κ1) is 22.4. The smallest absolute Gasteiger partial charge is 0.269 e. The molecule has 33 heavy (non-hydrogen) atoms. The van der Waals surface area contributed by atoms with Crippen molar-refractivity contribution in [1.29, 1.82) is 0 Å². The second-order valence-electron chi connectivity index (χ2n) is 7.41. The van der Waals surface area contributed by atoms with Crippen LogP contribution in [-0.4, -0.2) is 24.9 Å². The summed E-state index contributed by atoms with van der Waals surface area (Å²) < 4.78 is 41.2. The first-order valence-corrected chi connectivity index (χ1v) is 11.5. The number of rotatable bonds is 8. The maximum absolute atomic E-state index is 13.3. The van der Waals surface area contributed by atoms with Crippen molar-refractivity contribution < 1.29 is 17.7 Å². The van der Waals surface area contributed by atoms with Crippen molar-refractivity contribution in [3.63, 3.8) is 0 Å². The molecule has 3 aromatic carbocycles. The van der Waals surface area contributed by atoms with Gasteiger partial charge in [0.05, 0.1) is 9.82 Å². The van der Waals surface area contributed by atoms with E-state index in [0.717, 1.165) is 39.9 Å². The van der Waals surface area contributed by atoms with Crippen LogP contribution in [0.5, 0.6) is 0 Å². The lowest BCUT2D eigenvalue weighted by Gasteiger charge is -2.10. The Labute approximate surface area is 189 Å². The van der Waals surface area contributed by atoms with Gasteiger partial charge in [-0.2, -0.15) is 0 Å². The van der Waals surface area contributed by atoms with Crippen LogP contribution in [0.3, 0.4) is 0 Å². The Morgan fingerprint density at radius 2 is 1.70 bits per heavy atom. The summed E-state index contributed by atoms with van der Waals surface area (Å²) in [6, 6.07) is 18.4. The van der Waals surface area contributed by atoms with Gasteiger partial charge in [0.2, 0.25) is 10.0 Å². The van der Waals surface area contributed by atoms with Gasteiger partial charge in [0, 0.05) is 35.3 Å². The van der Waals surface area contributed by atoms with Crippen molar-refractivity contribution in [3.8, 4) is 0 Å². The van der Waals surface area contributed by atoms with Crippen LogP contribution >= 0.6 is 0 Å². The lowest BCUT2D eigenvalue weighted by atomic mass is 9.98. The van der Waals surface area contributed by atoms with Crippen LogP contribution in [0.15, 0.2) is 84.3 Å². The third-order valence-electron chi connectivity index (χ3n) is 5.33. The number of fused-ring (bicyclic) bond motifs is 1. The highest BCUT2D eigenvalue weighted by molar-refractivity contribution is 7.89. The maximum atomic E-state index is 13.3. The normalized spacial score (nSPS) is 11.5. The molecule has 0 bridgehead atoms. The number of nitro benzene ring substituents is 1. The zero-order valence-corrected chi connectivity index (χ0v) is 18.2. The number of halogens is 1. The molecule has 4 aromatic rings. The Morgan fingerprint density at radius 3 is 2.36 bits per heavy atom. The molecule has 0 radical (unpaired) electrons. The second kappa shape index (κ2) is 8.97. The van der Waals surface area contributed by atoms with Crippen molar-refractivity contribution in [2.24, 2.45) is 0 Å². The minimum absolute atomic E-state index is 0.0528. The van der Waals surface area contributed by atoms with E-state index in [1.54, 1.807) is 12.1 Å². The molecule has 168 valence electrons. The van der Waals surface area contributed by atoms with E-state index in [1.165, 1.54) is 24.3 Å². The fourth-order valence-corrected chi connectivity index (χ4v) is 4.69. The first-order chi connectivity index (χ1) is 15.8. The molecule has 0 fully saturated rings. The van der Waals surface area contributed by atoms with E-state index in [2.05, 4.69) is 16.3 Å². The summed E-state index contributed by atoms with van der Waals surface area (Å²) >= 11 is 0. The summed E-state index contributed by atoms with van der Waals surface area (Å²) in [6.07, 6.45) is 0.367. The number of hydrogen-bond donors (Lipinski definition) is 2. The molecule has 0 saturated carbocycles. The van der Waals surface area contributed by atoms with E-state index in [4.69, 9.17) is 0 Å². The van der Waals surface area contributed by atoms with Gasteiger partial charge in [-0.15, -0.1) is 0 Å². The highest BCUT2D eigenvalue weighted by atomic mass is 32.2. The number of nitro groups is 1. The van der Waals surface area contributed by atoms with Gasteiger partial charge in [-0.1, -0.05) is 36.9 Å². The van der Waals surface area contributed by atoms with Gasteiger partial charge in [-0.3, -0.25) is 10.1 Å². The lowest BCUT2D eigenvalue weighted by Crippen LogP contribution is -2.26. The van der Waals surface area contributed by atoms with Crippen LogP contribution < -0.4 is 4.72 Å². The number of para-hydroxylation sites is 1. The number of nitrogens with zero attached hydrogens (tertiary/aromatic N) is 1. The van der Waals surface area contributed by atoms with E-state index in [1.807, 2.05) is 24.3 Å². The van der Waals surface area contributed by atoms with Crippen LogP contribution in [0.4, 0.5) is 10.1 Å². The van der Waals surface area contributed by atoms with Crippen LogP contribution in [0.1, 0.15) is 16.8 Å². The topological polar surface area (TPSA) is 105 Å². The Bertz CT molecular complexity index is 1440. The van der Waals surface area contributed by atoms with E-state index >= 15 is 0 Å². The molecule has 0 amide bonds. The van der Waals surface area contributed by atoms with E-state index in [9.17, 15) is 22.9 Å². The van der Waals surface area contributed by atoms with Gasteiger partial charge in [0.25, 0.3) is 5.69 Å². The van der Waals surface area contributed by atoms with E-state index in [-0.39, 0.29) is 22.9 Å². The Morgan fingerprint density at radius 1 is 1.03 bits per heavy atom. The minimum atomic E-state index is -3.85. The number of aromatic nitrogens is 1. The number of non-ortho nitro benzene ring substituents is 1. The maximum Gasteiger partial charge on any atom is 0.269 e. The SMILES string of the molecule is C=C(c1ccc(F)cc1)c1[nH]c2ccccc2c1CCNS(=O)(=O)c1ccc([N+](=O)[O-])cc1. The van der Waals surface area contributed by atoms with Crippen molar-refractivity contribution >= 4 is 32.2 Å². The number of sulfonamides is 1. The molecule has 1 heterocycles. The zero-order chi connectivity index (χ0) is 23.6. The van der Waals surface area contributed by atoms with Crippen molar-refractivity contribution in [1.82, 2.24) is 9.71 Å². The van der Waals surface area contributed by atoms with E-state index in [0.29, 0.717) is 12.0 Å². The number of H-pyrrole nitrogens is 1. The number of aromatic amines is 1. The predicted octanol–water partition coefficient (Wildman–Crippen LogP) is 4.80. The van der Waals surface area contributed by atoms with Crippen molar-refractivity contribution in [3.05, 3.63) is 112 Å². The van der Waals surface area contributed by atoms with Gasteiger partial charge < -0.3 is 4.98 Å². The molecule has 0 saturated heterocycles. The van der Waals surface area contributed by atoms with Gasteiger partial charge in [0.15, 0.2) is 0 Å². The van der Waals surface area contributed by atoms with Crippen LogP contribution in [0, 0.1) is 15.9 Å². The first-order valence-electron chi connectivity index (χ1n) is 10.1. The predicted molar refractivity (Wildman–Crippen MR) is 125 cm³/mol. The molecule has 0 aliphatic heterocycles. The average Bonchev–Trinajstić information content (AvgIpc) is 3.18. The molecular weight excluding hydrogens is 445 g/mol. The zero-order valence-electron chi connectivity index (χ0n) is 17.4. The monoisotopic (exact) mass is 465 g/mol. The molecular formula is C24H20FN3O4S. The number of benzene rings is 3. The second-order valence-corrected chi connectivity index (χ2v) is 9.18. The molecule has 2 N–H and O–H groups in total. The summed E-state index contributed by atoms with van der Waals surface area (Å²) in [6.45, 7) is 4.26. The summed E-state index contributed by atoms with van der Waals surface area (Å²) in [4.78, 5) is 13.5. The average molecular weight is 466 g/mol. The third kappa shape index (κ3) is 4.69. The molecule has 0 spiro atoms. The summed E-state index contributed by atoms with van der Waals surface area (Å²) in [7, 11) is -3.85. The summed E-state index contributed by atoms with van der Waals surface area (Å²) in [5, 5.41) is 11.7. The highest BCUT2D eigenvalue weighted by Gasteiger charge is 2.18. The number of nitrogens with one attached hydrogen (secondary N) is 2. The Kier molecular flexibility index (Phi) is 6.08. The standard InChI is InChI=1S/C24H20FN3O4S/c1-16(17-6-8-18(25)9-7-17)24-22(21-4-2-3-5-23(21)27-24)14-15-26-33(31,32)20-12-10-19(11-13-20)28(29)30/h2-13,26-27H,1,14-15H2. The van der Waals surface area contributed by atoms with Crippen LogP contribution in [0.2, 0.25) is 0 Å². The van der Waals surface area contributed by atoms with Crippen molar-refractivity contribution in [2.75, 3.05) is 6.54 Å². The molecule has 0 unspecified atom stereocenters. The third-order valence-corrected chi connectivity index (χ3v) is 6.81. The van der Waals surface area contributed by atoms with Gasteiger partial charge in [-0.25, -0.2) is 17.5 Å². The molecule has 0 aliphatic rings. The van der Waals surface area contributed by atoms with Gasteiger partial charge >= 0.3 is 0 Å². The van der Waals surface area contributed by atoms with Gasteiger partial charge in [0.1, 0.15) is 5.82 Å². The van der Waals surface area contributed by atoms with E-state index < -0.39 is 14.9 Å². The minimum Gasteiger partial charge on any atom is -0.354 e. The largest absolute Gasteiger partial charge is 0.354 e. The highest BCUT2D eigenvalue weighted by Crippen LogP contribution is 2.30. The fourth-order valence-electron chi connectivity index (χ4n) is 3.65. The van der Waals surface area contributed by atoms with Crippen molar-refractivity contribution in [2.45, 2.75) is 11.3 Å². The summed E-state index contributed by atoms with van der Waals surface area (Å²) in [5.74, 6) is -0.343. The quantitative estimate of drug-likeness (QED) is 0.288. The molecule has 0 aliphatic carbocycles. The molecule has 7 nitrogen and oxygen atoms in total. The van der Waals surface area contributed by atoms with Gasteiger partial charge in [-0.05, 0) is 53.5 Å². The molecule has 4 rings (SSSR count). The fraction of sp³-hybridized carbons (Fsp3) is 0.0833. The Balaban J connectivity index is 1.58. The van der Waals surface area contributed by atoms with Crippen LogP contribution in [0.25, 0.3) is 16.5 Å². The van der Waals surface area contributed by atoms with Crippen LogP contribution in [-0.2, 0) is 16.4 Å². The summed E-state index contributed by atoms with van der Waals surface area (Å²) in [5.41, 5.74) is 3.74. The molecule has 9 heteroatoms.